The molecule has 2 saturated heterocycles. The quantitative estimate of drug-likeness (QED) is 0.517. The van der Waals surface area contributed by atoms with Gasteiger partial charge in [-0.25, -0.2) is 22.2 Å². The number of sulfonamides is 1. The Morgan fingerprint density at radius 3 is 2.63 bits per heavy atom. The maximum Gasteiger partial charge on any atom is 0.274 e. The Morgan fingerprint density at radius 2 is 1.97 bits per heavy atom. The highest BCUT2D eigenvalue weighted by Crippen LogP contribution is 2.50. The van der Waals surface area contributed by atoms with Crippen molar-refractivity contribution < 1.29 is 26.8 Å². The number of nitrogens with one attached hydrogen (secondary N) is 2. The minimum absolute atomic E-state index is 0.0222. The van der Waals surface area contributed by atoms with Crippen LogP contribution in [0.1, 0.15) is 48.7 Å². The number of likely N-dealkylation sites (tertiary alicyclic amines) is 1. The number of carbonyl (C=O) groups excluding carboxylic acids is 2. The predicted molar refractivity (Wildman–Crippen MR) is 135 cm³/mol. The number of nitrogens with zero attached hydrogens (tertiary/aromatic N) is 3. The number of anilines is 1. The molecule has 2 aliphatic heterocycles. The van der Waals surface area contributed by atoms with Crippen molar-refractivity contribution in [1.82, 2.24) is 19.5 Å². The molecule has 3 fully saturated rings. The Kier molecular flexibility index (Phi) is 6.53. The van der Waals surface area contributed by atoms with Gasteiger partial charge in [-0.15, -0.1) is 0 Å². The predicted octanol–water partition coefficient (Wildman–Crippen LogP) is 1.71. The number of amides is 2. The number of halogens is 2. The molecule has 38 heavy (non-hydrogen) atoms. The van der Waals surface area contributed by atoms with Gasteiger partial charge in [-0.2, -0.15) is 4.31 Å². The summed E-state index contributed by atoms with van der Waals surface area (Å²) in [5.41, 5.74) is 4.71. The van der Waals surface area contributed by atoms with Crippen molar-refractivity contribution in [1.29, 1.82) is 0 Å². The van der Waals surface area contributed by atoms with E-state index in [1.54, 1.807) is 11.8 Å². The van der Waals surface area contributed by atoms with Crippen LogP contribution in [0, 0.1) is 17.6 Å². The fraction of sp³-hybridized carbons (Fsp3) is 0.480. The molecule has 3 aliphatic rings. The second kappa shape index (κ2) is 9.33. The summed E-state index contributed by atoms with van der Waals surface area (Å²) in [4.78, 5) is 30.9. The topological polar surface area (TPSA) is 138 Å². The molecule has 2 aromatic rings. The lowest BCUT2D eigenvalue weighted by Crippen LogP contribution is -2.77. The summed E-state index contributed by atoms with van der Waals surface area (Å²) >= 11 is 0. The summed E-state index contributed by atoms with van der Waals surface area (Å²) in [6.07, 6.45) is 2.15. The lowest BCUT2D eigenvalue weighted by molar-refractivity contribution is -0.130. The van der Waals surface area contributed by atoms with Gasteiger partial charge < -0.3 is 16.0 Å². The van der Waals surface area contributed by atoms with E-state index in [2.05, 4.69) is 15.6 Å². The largest absolute Gasteiger partial charge is 0.341 e. The maximum absolute atomic E-state index is 15.5. The Morgan fingerprint density at radius 1 is 1.24 bits per heavy atom. The van der Waals surface area contributed by atoms with Gasteiger partial charge in [-0.3, -0.25) is 14.9 Å². The first-order chi connectivity index (χ1) is 17.9. The van der Waals surface area contributed by atoms with Gasteiger partial charge in [-0.05, 0) is 62.4 Å². The zero-order valence-corrected chi connectivity index (χ0v) is 21.9. The van der Waals surface area contributed by atoms with E-state index in [1.165, 1.54) is 25.2 Å². The van der Waals surface area contributed by atoms with Crippen molar-refractivity contribution in [2.75, 3.05) is 25.5 Å². The molecule has 10 nitrogen and oxygen atoms in total. The molecule has 3 heterocycles. The fourth-order valence-electron chi connectivity index (χ4n) is 5.53. The third-order valence-corrected chi connectivity index (χ3v) is 10.8. The minimum atomic E-state index is -4.13. The summed E-state index contributed by atoms with van der Waals surface area (Å²) in [5, 5.41) is 5.70. The first-order valence-electron chi connectivity index (χ1n) is 12.4. The van der Waals surface area contributed by atoms with Gasteiger partial charge in [-0.1, -0.05) is 0 Å². The van der Waals surface area contributed by atoms with E-state index in [1.807, 2.05) is 0 Å². The van der Waals surface area contributed by atoms with E-state index in [0.717, 1.165) is 35.5 Å². The van der Waals surface area contributed by atoms with Gasteiger partial charge in [0.25, 0.3) is 5.91 Å². The summed E-state index contributed by atoms with van der Waals surface area (Å²) in [7, 11) is -2.78. The summed E-state index contributed by atoms with van der Waals surface area (Å²) in [6, 6.07) is 6.12. The van der Waals surface area contributed by atoms with Crippen molar-refractivity contribution in [3.63, 3.8) is 0 Å². The highest BCUT2D eigenvalue weighted by molar-refractivity contribution is 7.90. The van der Waals surface area contributed by atoms with E-state index in [9.17, 15) is 22.4 Å². The molecule has 2 unspecified atom stereocenters. The number of benzene rings is 1. The van der Waals surface area contributed by atoms with Gasteiger partial charge in [0.05, 0.1) is 11.7 Å². The molecule has 2 amide bonds. The second-order valence-corrected chi connectivity index (χ2v) is 12.8. The zero-order chi connectivity index (χ0) is 27.5. The summed E-state index contributed by atoms with van der Waals surface area (Å²) in [6.45, 7) is 1.65. The second-order valence-electron chi connectivity index (χ2n) is 10.5. The molecule has 1 aromatic carbocycles. The van der Waals surface area contributed by atoms with Gasteiger partial charge in [0.1, 0.15) is 28.4 Å². The molecule has 204 valence electrons. The highest BCUT2D eigenvalue weighted by atomic mass is 32.2. The van der Waals surface area contributed by atoms with E-state index < -0.39 is 44.1 Å². The molecule has 0 radical (unpaired) electrons. The van der Waals surface area contributed by atoms with Crippen LogP contribution in [0.3, 0.4) is 0 Å². The number of aromatic nitrogens is 1. The van der Waals surface area contributed by atoms with Crippen molar-refractivity contribution >= 4 is 27.5 Å². The molecule has 1 aliphatic carbocycles. The molecule has 4 N–H and O–H groups in total. The van der Waals surface area contributed by atoms with Gasteiger partial charge in [0.15, 0.2) is 0 Å². The first kappa shape index (κ1) is 26.6. The molecule has 1 spiro atoms. The number of hydrogen-bond donors (Lipinski definition) is 3. The smallest absolute Gasteiger partial charge is 0.274 e. The normalized spacial score (nSPS) is 29.0. The maximum atomic E-state index is 15.5. The fourth-order valence-corrected chi connectivity index (χ4v) is 7.78. The van der Waals surface area contributed by atoms with Crippen LogP contribution in [-0.4, -0.2) is 65.6 Å². The van der Waals surface area contributed by atoms with E-state index >= 15 is 4.39 Å². The highest BCUT2D eigenvalue weighted by Gasteiger charge is 2.67. The molecular formula is C25H30F2N6O4S. The Bertz CT molecular complexity index is 1390. The monoisotopic (exact) mass is 548 g/mol. The van der Waals surface area contributed by atoms with E-state index in [-0.39, 0.29) is 42.4 Å². The van der Waals surface area contributed by atoms with Gasteiger partial charge >= 0.3 is 0 Å². The van der Waals surface area contributed by atoms with Crippen molar-refractivity contribution in [3.05, 3.63) is 59.4 Å². The average Bonchev–Trinajstić information content (AvgIpc) is 3.56. The first-order valence-corrected chi connectivity index (χ1v) is 13.8. The van der Waals surface area contributed by atoms with Gasteiger partial charge in [0.2, 0.25) is 15.9 Å². The van der Waals surface area contributed by atoms with Crippen LogP contribution in [-0.2, 0) is 20.4 Å². The average molecular weight is 549 g/mol. The molecule has 13 heteroatoms. The van der Waals surface area contributed by atoms with Crippen LogP contribution in [0.15, 0.2) is 36.5 Å². The zero-order valence-electron chi connectivity index (χ0n) is 21.1. The molecule has 0 bridgehead atoms. The Labute approximate surface area is 219 Å². The van der Waals surface area contributed by atoms with Crippen molar-refractivity contribution in [3.8, 4) is 0 Å². The van der Waals surface area contributed by atoms with Crippen molar-refractivity contribution in [2.24, 2.45) is 11.7 Å². The third-order valence-electron chi connectivity index (χ3n) is 8.08. The van der Waals surface area contributed by atoms with Crippen LogP contribution in [0.5, 0.6) is 0 Å². The third kappa shape index (κ3) is 4.27. The van der Waals surface area contributed by atoms with E-state index in [4.69, 9.17) is 5.73 Å². The summed E-state index contributed by atoms with van der Waals surface area (Å²) in [5.74, 6) is -1.74. The minimum Gasteiger partial charge on any atom is -0.341 e. The molecular weight excluding hydrogens is 518 g/mol. The van der Waals surface area contributed by atoms with Crippen LogP contribution in [0.4, 0.5) is 14.5 Å². The number of pyridine rings is 1. The lowest BCUT2D eigenvalue weighted by atomic mass is 9.77. The Balaban J connectivity index is 1.53. The van der Waals surface area contributed by atoms with Crippen LogP contribution >= 0.6 is 0 Å². The van der Waals surface area contributed by atoms with Crippen LogP contribution in [0.2, 0.25) is 0 Å². The van der Waals surface area contributed by atoms with E-state index in [0.29, 0.717) is 12.3 Å². The lowest BCUT2D eigenvalue weighted by Gasteiger charge is -2.54. The number of rotatable bonds is 5. The van der Waals surface area contributed by atoms with Gasteiger partial charge in [0, 0.05) is 37.8 Å². The van der Waals surface area contributed by atoms with Crippen LogP contribution < -0.4 is 16.4 Å². The molecule has 3 atom stereocenters. The summed E-state index contributed by atoms with van der Waals surface area (Å²) < 4.78 is 56.0. The standard InChI is InChI=1S/C25H30F2N6O4S/c1-24(18-12-17(6-7-19(18)27)30-22(35)20-8-5-16(26)13-29-20)25(38(36,37)32(2)23(28)31-24)9-10-33(14-25)21(34)11-15-3-4-15/h5-8,12-13,15,23,31H,3-4,9-11,14,28H2,1-2H3,(H,30,35)/t23?,24-,25?/m1/s1. The van der Waals surface area contributed by atoms with Crippen molar-refractivity contribution in [2.45, 2.75) is 49.2 Å². The number of carbonyl (C=O) groups is 2. The Hall–Kier alpha value is -3.00. The number of nitrogens with two attached hydrogens (primary N) is 1. The molecule has 1 saturated carbocycles. The van der Waals surface area contributed by atoms with Crippen LogP contribution in [0.25, 0.3) is 0 Å². The SMILES string of the molecule is CN1C(N)N[C@](C)(c2cc(NC(=O)c3ccc(F)cn3)ccc2F)C2(CCN(C(=O)CC3CC3)C2)S1(=O)=O. The number of hydrogen-bond acceptors (Lipinski definition) is 7. The molecule has 5 rings (SSSR count). The molecule has 1 aromatic heterocycles.